The maximum absolute atomic E-state index is 12.5. The molecule has 4 rings (SSSR count). The van der Waals surface area contributed by atoms with Crippen LogP contribution < -0.4 is 0 Å². The third-order valence-corrected chi connectivity index (χ3v) is 6.29. The van der Waals surface area contributed by atoms with Crippen molar-refractivity contribution in [2.24, 2.45) is 11.8 Å². The molecule has 162 valence electrons. The van der Waals surface area contributed by atoms with Gasteiger partial charge >= 0.3 is 6.09 Å². The molecule has 30 heavy (non-hydrogen) atoms. The third kappa shape index (κ3) is 4.21. The number of fused-ring (bicyclic) bond motifs is 1. The summed E-state index contributed by atoms with van der Waals surface area (Å²) >= 11 is 0. The average molecular weight is 414 g/mol. The van der Waals surface area contributed by atoms with Crippen molar-refractivity contribution in [2.45, 2.75) is 39.2 Å². The van der Waals surface area contributed by atoms with E-state index in [1.165, 1.54) is 4.90 Å². The summed E-state index contributed by atoms with van der Waals surface area (Å²) in [6.07, 6.45) is 2.04. The number of ether oxygens (including phenoxy) is 1. The Morgan fingerprint density at radius 1 is 1.00 bits per heavy atom. The number of nitrogens with zero attached hydrogens (tertiary/aromatic N) is 3. The van der Waals surface area contributed by atoms with Gasteiger partial charge in [0.25, 0.3) is 11.8 Å². The number of carbonyl (C=O) groups excluding carboxylic acids is 3. The predicted octanol–water partition coefficient (Wildman–Crippen LogP) is 2.86. The normalized spacial score (nSPS) is 22.8. The number of rotatable bonds is 4. The first-order valence-corrected chi connectivity index (χ1v) is 10.9. The first kappa shape index (κ1) is 20.8. The Bertz CT molecular complexity index is 806. The topological polar surface area (TPSA) is 70.2 Å². The Morgan fingerprint density at radius 2 is 1.63 bits per heavy atom. The highest BCUT2D eigenvalue weighted by Gasteiger charge is 2.40. The van der Waals surface area contributed by atoms with E-state index in [-0.39, 0.29) is 17.9 Å². The predicted molar refractivity (Wildman–Crippen MR) is 112 cm³/mol. The van der Waals surface area contributed by atoms with E-state index in [2.05, 4.69) is 4.90 Å². The van der Waals surface area contributed by atoms with Gasteiger partial charge in [0, 0.05) is 32.7 Å². The number of imide groups is 1. The largest absolute Gasteiger partial charge is 0.444 e. The van der Waals surface area contributed by atoms with Crippen LogP contribution in [-0.2, 0) is 4.74 Å². The number of amides is 3. The van der Waals surface area contributed by atoms with Gasteiger partial charge in [-0.2, -0.15) is 0 Å². The van der Waals surface area contributed by atoms with Crippen molar-refractivity contribution < 1.29 is 19.1 Å². The van der Waals surface area contributed by atoms with Crippen LogP contribution >= 0.6 is 0 Å². The minimum atomic E-state index is -0.464. The first-order valence-electron chi connectivity index (χ1n) is 10.9. The molecule has 0 saturated carbocycles. The van der Waals surface area contributed by atoms with Crippen LogP contribution in [-0.4, -0.2) is 77.5 Å². The summed E-state index contributed by atoms with van der Waals surface area (Å²) in [6.45, 7) is 10.2. The van der Waals surface area contributed by atoms with Gasteiger partial charge in [-0.3, -0.25) is 14.5 Å². The van der Waals surface area contributed by atoms with Gasteiger partial charge in [-0.15, -0.1) is 0 Å². The molecule has 1 atom stereocenters. The van der Waals surface area contributed by atoms with Crippen molar-refractivity contribution in [3.63, 3.8) is 0 Å². The van der Waals surface area contributed by atoms with E-state index in [9.17, 15) is 14.4 Å². The molecule has 7 heteroatoms. The van der Waals surface area contributed by atoms with Gasteiger partial charge in [0.2, 0.25) is 0 Å². The summed E-state index contributed by atoms with van der Waals surface area (Å²) in [5.74, 6) is 0.673. The smallest absolute Gasteiger partial charge is 0.410 e. The second-order valence-corrected chi connectivity index (χ2v) is 9.66. The van der Waals surface area contributed by atoms with E-state index in [0.29, 0.717) is 36.1 Å². The molecule has 2 saturated heterocycles. The van der Waals surface area contributed by atoms with E-state index in [1.54, 1.807) is 29.2 Å². The number of benzene rings is 1. The first-order chi connectivity index (χ1) is 14.2. The van der Waals surface area contributed by atoms with Gasteiger partial charge in [-0.25, -0.2) is 4.79 Å². The van der Waals surface area contributed by atoms with Crippen LogP contribution in [0.3, 0.4) is 0 Å². The molecule has 0 bridgehead atoms. The molecule has 1 aromatic rings. The molecule has 7 nitrogen and oxygen atoms in total. The molecular formula is C23H31N3O4. The van der Waals surface area contributed by atoms with Crippen molar-refractivity contribution in [3.05, 3.63) is 35.4 Å². The zero-order valence-electron chi connectivity index (χ0n) is 18.1. The lowest BCUT2D eigenvalue weighted by Gasteiger charge is -2.46. The maximum atomic E-state index is 12.5. The second-order valence-electron chi connectivity index (χ2n) is 9.66. The molecule has 0 aromatic heterocycles. The number of hydrogen-bond acceptors (Lipinski definition) is 5. The lowest BCUT2D eigenvalue weighted by atomic mass is 9.81. The Hall–Kier alpha value is -2.41. The lowest BCUT2D eigenvalue weighted by molar-refractivity contribution is -0.0197. The zero-order valence-corrected chi connectivity index (χ0v) is 18.1. The number of likely N-dealkylation sites (tertiary alicyclic amines) is 2. The second kappa shape index (κ2) is 8.02. The highest BCUT2D eigenvalue weighted by Crippen LogP contribution is 2.32. The highest BCUT2D eigenvalue weighted by molar-refractivity contribution is 6.21. The van der Waals surface area contributed by atoms with E-state index in [0.717, 1.165) is 39.0 Å². The Labute approximate surface area is 177 Å². The lowest BCUT2D eigenvalue weighted by Crippen LogP contribution is -2.56. The van der Waals surface area contributed by atoms with Crippen LogP contribution in [0.4, 0.5) is 4.79 Å². The van der Waals surface area contributed by atoms with Crippen LogP contribution in [0.15, 0.2) is 24.3 Å². The quantitative estimate of drug-likeness (QED) is 0.710. The summed E-state index contributed by atoms with van der Waals surface area (Å²) in [7, 11) is 0. The monoisotopic (exact) mass is 413 g/mol. The molecular weight excluding hydrogens is 382 g/mol. The molecule has 3 heterocycles. The molecule has 0 N–H and O–H groups in total. The molecule has 1 unspecified atom stereocenters. The highest BCUT2D eigenvalue weighted by atomic mass is 16.6. The fourth-order valence-corrected chi connectivity index (χ4v) is 4.65. The fraction of sp³-hybridized carbons (Fsp3) is 0.609. The van der Waals surface area contributed by atoms with Crippen LogP contribution in [0.5, 0.6) is 0 Å². The number of piperidine rings is 1. The van der Waals surface area contributed by atoms with Gasteiger partial charge in [-0.1, -0.05) is 12.1 Å². The van der Waals surface area contributed by atoms with Gasteiger partial charge < -0.3 is 14.5 Å². The molecule has 0 radical (unpaired) electrons. The summed E-state index contributed by atoms with van der Waals surface area (Å²) < 4.78 is 5.45. The standard InChI is InChI=1S/C23H31N3O4/c1-23(2,3)30-22(29)25-14-17(15-25)16-7-6-10-24(13-16)11-12-26-20(27)18-8-4-5-9-19(18)21(26)28/h4-5,8-9,16-17H,6-7,10-15H2,1-3H3. The van der Waals surface area contributed by atoms with Crippen molar-refractivity contribution in [3.8, 4) is 0 Å². The zero-order chi connectivity index (χ0) is 21.5. The van der Waals surface area contributed by atoms with Crippen LogP contribution in [0.2, 0.25) is 0 Å². The van der Waals surface area contributed by atoms with Crippen molar-refractivity contribution in [1.29, 1.82) is 0 Å². The van der Waals surface area contributed by atoms with E-state index < -0.39 is 5.60 Å². The van der Waals surface area contributed by atoms with E-state index in [4.69, 9.17) is 4.74 Å². The van der Waals surface area contributed by atoms with Gasteiger partial charge in [0.1, 0.15) is 5.60 Å². The van der Waals surface area contributed by atoms with E-state index >= 15 is 0 Å². The summed E-state index contributed by atoms with van der Waals surface area (Å²) in [5, 5.41) is 0. The summed E-state index contributed by atoms with van der Waals surface area (Å²) in [5.41, 5.74) is 0.555. The Balaban J connectivity index is 1.25. The van der Waals surface area contributed by atoms with Gasteiger partial charge in [0.15, 0.2) is 0 Å². The average Bonchev–Trinajstić information content (AvgIpc) is 2.89. The fourth-order valence-electron chi connectivity index (χ4n) is 4.65. The maximum Gasteiger partial charge on any atom is 0.410 e. The number of carbonyl (C=O) groups is 3. The molecule has 2 fully saturated rings. The Morgan fingerprint density at radius 3 is 2.23 bits per heavy atom. The van der Waals surface area contributed by atoms with Crippen LogP contribution in [0.25, 0.3) is 0 Å². The van der Waals surface area contributed by atoms with Gasteiger partial charge in [-0.05, 0) is 64.1 Å². The molecule has 0 spiro atoms. The molecule has 1 aromatic carbocycles. The Kier molecular flexibility index (Phi) is 5.57. The summed E-state index contributed by atoms with van der Waals surface area (Å²) in [4.78, 5) is 42.8. The van der Waals surface area contributed by atoms with Gasteiger partial charge in [0.05, 0.1) is 11.1 Å². The van der Waals surface area contributed by atoms with Crippen molar-refractivity contribution >= 4 is 17.9 Å². The van der Waals surface area contributed by atoms with Crippen LogP contribution in [0, 0.1) is 11.8 Å². The third-order valence-electron chi connectivity index (χ3n) is 6.29. The van der Waals surface area contributed by atoms with Crippen LogP contribution in [0.1, 0.15) is 54.3 Å². The SMILES string of the molecule is CC(C)(C)OC(=O)N1CC(C2CCCN(CCN3C(=O)c4ccccc4C3=O)C2)C1. The minimum absolute atomic E-state index is 0.184. The van der Waals surface area contributed by atoms with E-state index in [1.807, 2.05) is 20.8 Å². The minimum Gasteiger partial charge on any atom is -0.444 e. The van der Waals surface area contributed by atoms with Crippen molar-refractivity contribution in [1.82, 2.24) is 14.7 Å². The molecule has 3 amide bonds. The number of hydrogen-bond donors (Lipinski definition) is 0. The van der Waals surface area contributed by atoms with Crippen molar-refractivity contribution in [2.75, 3.05) is 39.3 Å². The summed E-state index contributed by atoms with van der Waals surface area (Å²) in [6, 6.07) is 7.03. The molecule has 0 aliphatic carbocycles. The molecule has 3 aliphatic rings. The molecule has 3 aliphatic heterocycles.